The Morgan fingerprint density at radius 3 is 2.79 bits per heavy atom. The second-order valence-electron chi connectivity index (χ2n) is 4.75. The molecule has 1 atom stereocenters. The van der Waals surface area contributed by atoms with Gasteiger partial charge in [0.15, 0.2) is 0 Å². The Labute approximate surface area is 117 Å². The van der Waals surface area contributed by atoms with Gasteiger partial charge in [0.25, 0.3) is 0 Å². The number of nitrogens with one attached hydrogen (secondary N) is 1. The number of nitrogens with zero attached hydrogens (tertiary/aromatic N) is 1. The fraction of sp³-hybridized carbons (Fsp3) is 0.429. The molecule has 0 saturated carbocycles. The molecule has 0 aromatic heterocycles. The Morgan fingerprint density at radius 2 is 2.16 bits per heavy atom. The third-order valence-electron chi connectivity index (χ3n) is 3.31. The van der Waals surface area contributed by atoms with Crippen molar-refractivity contribution in [2.24, 2.45) is 0 Å². The van der Waals surface area contributed by atoms with Crippen molar-refractivity contribution in [3.05, 3.63) is 34.3 Å². The number of aryl methyl sites for hydroxylation is 1. The number of carbonyl (C=O) groups excluding carboxylic acids is 2. The van der Waals surface area contributed by atoms with Crippen LogP contribution < -0.4 is 5.32 Å². The van der Waals surface area contributed by atoms with E-state index in [0.29, 0.717) is 11.4 Å². The monoisotopic (exact) mass is 280 g/mol. The van der Waals surface area contributed by atoms with E-state index >= 15 is 0 Å². The molecule has 0 aliphatic carbocycles. The molecule has 19 heavy (non-hydrogen) atoms. The summed E-state index contributed by atoms with van der Waals surface area (Å²) in [5, 5.41) is 3.52. The molecule has 5 heteroatoms. The van der Waals surface area contributed by atoms with E-state index in [1.165, 1.54) is 4.90 Å². The largest absolute Gasteiger partial charge is 0.297 e. The van der Waals surface area contributed by atoms with Crippen LogP contribution in [0.15, 0.2) is 18.2 Å². The Balaban J connectivity index is 2.20. The van der Waals surface area contributed by atoms with Crippen LogP contribution in [0.5, 0.6) is 0 Å². The van der Waals surface area contributed by atoms with Crippen LogP contribution in [0, 0.1) is 6.92 Å². The fourth-order valence-electron chi connectivity index (χ4n) is 2.14. The summed E-state index contributed by atoms with van der Waals surface area (Å²) >= 11 is 6.15. The molecule has 2 rings (SSSR count). The van der Waals surface area contributed by atoms with Crippen LogP contribution in [0.2, 0.25) is 5.02 Å². The zero-order valence-corrected chi connectivity index (χ0v) is 11.8. The van der Waals surface area contributed by atoms with Crippen LogP contribution in [0.4, 0.5) is 0 Å². The molecule has 1 N–H and O–H groups in total. The number of halogens is 1. The van der Waals surface area contributed by atoms with Crippen LogP contribution in [-0.2, 0) is 16.1 Å². The number of imide groups is 1. The molecule has 1 aliphatic rings. The summed E-state index contributed by atoms with van der Waals surface area (Å²) in [6.45, 7) is 4.31. The van der Waals surface area contributed by atoms with E-state index in [1.807, 2.05) is 32.0 Å². The predicted octanol–water partition coefficient (Wildman–Crippen LogP) is 1.89. The smallest absolute Gasteiger partial charge is 0.246 e. The van der Waals surface area contributed by atoms with Gasteiger partial charge in [-0.3, -0.25) is 19.8 Å². The lowest BCUT2D eigenvalue weighted by Crippen LogP contribution is -2.57. The molecule has 0 bridgehead atoms. The molecule has 0 spiro atoms. The summed E-state index contributed by atoms with van der Waals surface area (Å²) in [5.41, 5.74) is 1.85. The number of hydrogen-bond donors (Lipinski definition) is 1. The topological polar surface area (TPSA) is 49.4 Å². The van der Waals surface area contributed by atoms with Crippen molar-refractivity contribution in [3.8, 4) is 0 Å². The maximum absolute atomic E-state index is 12.1. The zero-order chi connectivity index (χ0) is 14.0. The molecule has 1 unspecified atom stereocenters. The third-order valence-corrected chi connectivity index (χ3v) is 3.66. The van der Waals surface area contributed by atoms with Gasteiger partial charge in [-0.2, -0.15) is 0 Å². The van der Waals surface area contributed by atoms with Crippen molar-refractivity contribution < 1.29 is 9.59 Å². The lowest BCUT2D eigenvalue weighted by molar-refractivity contribution is -0.150. The molecule has 1 aromatic rings. The Kier molecular flexibility index (Phi) is 4.22. The first-order valence-corrected chi connectivity index (χ1v) is 6.73. The van der Waals surface area contributed by atoms with Gasteiger partial charge in [-0.05, 0) is 30.5 Å². The highest BCUT2D eigenvalue weighted by atomic mass is 35.5. The molecule has 1 fully saturated rings. The molecular weight excluding hydrogens is 264 g/mol. The number of rotatable bonds is 3. The second kappa shape index (κ2) is 5.72. The summed E-state index contributed by atoms with van der Waals surface area (Å²) in [5.74, 6) is -0.373. The van der Waals surface area contributed by atoms with Gasteiger partial charge in [0.05, 0.1) is 19.1 Å². The van der Waals surface area contributed by atoms with E-state index in [9.17, 15) is 9.59 Å². The average Bonchev–Trinajstić information content (AvgIpc) is 2.37. The maximum Gasteiger partial charge on any atom is 0.246 e. The van der Waals surface area contributed by atoms with E-state index in [0.717, 1.165) is 11.1 Å². The fourth-order valence-corrected chi connectivity index (χ4v) is 2.44. The minimum absolute atomic E-state index is 0.171. The van der Waals surface area contributed by atoms with Crippen LogP contribution in [-0.4, -0.2) is 29.3 Å². The predicted molar refractivity (Wildman–Crippen MR) is 73.8 cm³/mol. The quantitative estimate of drug-likeness (QED) is 0.860. The van der Waals surface area contributed by atoms with Gasteiger partial charge in [-0.15, -0.1) is 0 Å². The molecule has 1 saturated heterocycles. The standard InChI is InChI=1S/C14H17ClN2O2/c1-3-12-14(19)17(13(18)7-16-12)8-10-5-4-9(2)6-11(10)15/h4-6,12,16H,3,7-8H2,1-2H3. The summed E-state index contributed by atoms with van der Waals surface area (Å²) in [7, 11) is 0. The first kappa shape index (κ1) is 14.0. The van der Waals surface area contributed by atoms with Gasteiger partial charge in [0, 0.05) is 5.02 Å². The van der Waals surface area contributed by atoms with Crippen molar-refractivity contribution in [2.45, 2.75) is 32.9 Å². The van der Waals surface area contributed by atoms with E-state index in [1.54, 1.807) is 0 Å². The summed E-state index contributed by atoms with van der Waals surface area (Å²) in [6.07, 6.45) is 0.671. The van der Waals surface area contributed by atoms with Crippen molar-refractivity contribution in [1.29, 1.82) is 0 Å². The maximum atomic E-state index is 12.1. The van der Waals surface area contributed by atoms with Crippen molar-refractivity contribution in [2.75, 3.05) is 6.54 Å². The number of hydrogen-bond acceptors (Lipinski definition) is 3. The number of amides is 2. The molecule has 1 aromatic carbocycles. The number of carbonyl (C=O) groups is 2. The van der Waals surface area contributed by atoms with Gasteiger partial charge in [0.2, 0.25) is 11.8 Å². The Morgan fingerprint density at radius 1 is 1.42 bits per heavy atom. The van der Waals surface area contributed by atoms with Gasteiger partial charge in [-0.1, -0.05) is 30.7 Å². The van der Waals surface area contributed by atoms with Crippen molar-refractivity contribution in [3.63, 3.8) is 0 Å². The number of benzene rings is 1. The van der Waals surface area contributed by atoms with E-state index < -0.39 is 0 Å². The summed E-state index contributed by atoms with van der Waals surface area (Å²) < 4.78 is 0. The van der Waals surface area contributed by atoms with Gasteiger partial charge in [0.1, 0.15) is 0 Å². The minimum Gasteiger partial charge on any atom is -0.297 e. The summed E-state index contributed by atoms with van der Waals surface area (Å²) in [4.78, 5) is 25.3. The third kappa shape index (κ3) is 2.96. The first-order valence-electron chi connectivity index (χ1n) is 6.35. The van der Waals surface area contributed by atoms with Crippen LogP contribution in [0.25, 0.3) is 0 Å². The molecule has 0 radical (unpaired) electrons. The Bertz CT molecular complexity index is 516. The van der Waals surface area contributed by atoms with Gasteiger partial charge >= 0.3 is 0 Å². The highest BCUT2D eigenvalue weighted by Crippen LogP contribution is 2.20. The minimum atomic E-state index is -0.276. The normalized spacial score (nSPS) is 19.9. The van der Waals surface area contributed by atoms with Gasteiger partial charge in [-0.25, -0.2) is 0 Å². The average molecular weight is 281 g/mol. The highest BCUT2D eigenvalue weighted by Gasteiger charge is 2.32. The SMILES string of the molecule is CCC1NCC(=O)N(Cc2ccc(C)cc2Cl)C1=O. The number of piperazine rings is 1. The highest BCUT2D eigenvalue weighted by molar-refractivity contribution is 6.31. The van der Waals surface area contributed by atoms with Crippen LogP contribution in [0.1, 0.15) is 24.5 Å². The molecule has 2 amide bonds. The van der Waals surface area contributed by atoms with Gasteiger partial charge < -0.3 is 0 Å². The lowest BCUT2D eigenvalue weighted by Gasteiger charge is -2.31. The van der Waals surface area contributed by atoms with Crippen LogP contribution in [0.3, 0.4) is 0 Å². The zero-order valence-electron chi connectivity index (χ0n) is 11.1. The van der Waals surface area contributed by atoms with E-state index in [4.69, 9.17) is 11.6 Å². The summed E-state index contributed by atoms with van der Waals surface area (Å²) in [6, 6.07) is 5.35. The molecule has 102 valence electrons. The first-order chi connectivity index (χ1) is 9.02. The van der Waals surface area contributed by atoms with Crippen molar-refractivity contribution in [1.82, 2.24) is 10.2 Å². The Hall–Kier alpha value is -1.39. The molecule has 4 nitrogen and oxygen atoms in total. The molecule has 1 aliphatic heterocycles. The second-order valence-corrected chi connectivity index (χ2v) is 5.16. The van der Waals surface area contributed by atoms with Crippen LogP contribution >= 0.6 is 11.6 Å². The lowest BCUT2D eigenvalue weighted by atomic mass is 10.1. The van der Waals surface area contributed by atoms with E-state index in [-0.39, 0.29) is 30.9 Å². The molecule has 1 heterocycles. The molecular formula is C14H17ClN2O2. The van der Waals surface area contributed by atoms with Crippen molar-refractivity contribution >= 4 is 23.4 Å². The van der Waals surface area contributed by atoms with E-state index in [2.05, 4.69) is 5.32 Å².